The van der Waals surface area contributed by atoms with E-state index in [2.05, 4.69) is 0 Å². The van der Waals surface area contributed by atoms with Crippen molar-refractivity contribution in [3.63, 3.8) is 0 Å². The average molecular weight is 270 g/mol. The Hall–Kier alpha value is -1.36. The van der Waals surface area contributed by atoms with E-state index in [1.165, 1.54) is 19.2 Å². The van der Waals surface area contributed by atoms with Gasteiger partial charge in [-0.1, -0.05) is 19.1 Å². The quantitative estimate of drug-likeness (QED) is 0.784. The molecule has 1 rings (SSSR count). The van der Waals surface area contributed by atoms with Crippen LogP contribution in [0.1, 0.15) is 26.3 Å². The standard InChI is InChI=1S/C13H18O4S/c1-5-18(15,16)11-8-6-10(7-9-11)13(2,3)12(14)17-4/h6-9H,5H2,1-4H3. The normalized spacial score (nSPS) is 12.2. The van der Waals surface area contributed by atoms with E-state index in [9.17, 15) is 13.2 Å². The molecule has 0 saturated carbocycles. The molecular formula is C13H18O4S. The van der Waals surface area contributed by atoms with Crippen LogP contribution < -0.4 is 0 Å². The Balaban J connectivity index is 3.15. The Bertz CT molecular complexity index is 527. The SMILES string of the molecule is CCS(=O)(=O)c1ccc(C(C)(C)C(=O)OC)cc1. The van der Waals surface area contributed by atoms with Crippen molar-refractivity contribution in [2.75, 3.05) is 12.9 Å². The van der Waals surface area contributed by atoms with Crippen molar-refractivity contribution in [3.8, 4) is 0 Å². The molecule has 0 aliphatic heterocycles. The summed E-state index contributed by atoms with van der Waals surface area (Å²) in [6, 6.07) is 6.36. The second-order valence-electron chi connectivity index (χ2n) is 4.54. The number of ether oxygens (including phenoxy) is 1. The molecule has 0 spiro atoms. The Labute approximate surface area is 108 Å². The topological polar surface area (TPSA) is 60.4 Å². The maximum Gasteiger partial charge on any atom is 0.315 e. The molecule has 0 N–H and O–H groups in total. The number of rotatable bonds is 4. The summed E-state index contributed by atoms with van der Waals surface area (Å²) in [5.41, 5.74) is -0.0621. The Morgan fingerprint density at radius 2 is 1.72 bits per heavy atom. The summed E-state index contributed by atoms with van der Waals surface area (Å²) in [5.74, 6) is -0.291. The molecule has 0 atom stereocenters. The fraction of sp³-hybridized carbons (Fsp3) is 0.462. The van der Waals surface area contributed by atoms with Crippen LogP contribution in [-0.4, -0.2) is 27.2 Å². The van der Waals surface area contributed by atoms with Gasteiger partial charge in [-0.2, -0.15) is 0 Å². The van der Waals surface area contributed by atoms with Crippen LogP contribution in [0.25, 0.3) is 0 Å². The predicted octanol–water partition coefficient (Wildman–Crippen LogP) is 1.93. The zero-order valence-corrected chi connectivity index (χ0v) is 11.9. The van der Waals surface area contributed by atoms with Crippen LogP contribution in [0.4, 0.5) is 0 Å². The number of carbonyl (C=O) groups excluding carboxylic acids is 1. The lowest BCUT2D eigenvalue weighted by molar-refractivity contribution is -0.146. The van der Waals surface area contributed by atoms with Crippen LogP contribution in [0.3, 0.4) is 0 Å². The first-order valence-electron chi connectivity index (χ1n) is 5.67. The second-order valence-corrected chi connectivity index (χ2v) is 6.82. The van der Waals surface area contributed by atoms with Crippen molar-refractivity contribution in [2.24, 2.45) is 0 Å². The van der Waals surface area contributed by atoms with E-state index < -0.39 is 15.3 Å². The van der Waals surface area contributed by atoms with Gasteiger partial charge in [-0.25, -0.2) is 8.42 Å². The third-order valence-corrected chi connectivity index (χ3v) is 4.76. The van der Waals surface area contributed by atoms with Crippen molar-refractivity contribution in [1.82, 2.24) is 0 Å². The van der Waals surface area contributed by atoms with Gasteiger partial charge in [0.15, 0.2) is 9.84 Å². The van der Waals surface area contributed by atoms with Crippen LogP contribution in [0.5, 0.6) is 0 Å². The van der Waals surface area contributed by atoms with Crippen LogP contribution >= 0.6 is 0 Å². The summed E-state index contributed by atoms with van der Waals surface area (Å²) in [5, 5.41) is 0. The summed E-state index contributed by atoms with van der Waals surface area (Å²) in [7, 11) is -1.87. The zero-order chi connectivity index (χ0) is 14.0. The smallest absolute Gasteiger partial charge is 0.315 e. The number of hydrogen-bond acceptors (Lipinski definition) is 4. The Morgan fingerprint density at radius 3 is 2.11 bits per heavy atom. The Kier molecular flexibility index (Phi) is 4.16. The number of esters is 1. The van der Waals surface area contributed by atoms with Gasteiger partial charge in [-0.15, -0.1) is 0 Å². The second kappa shape index (κ2) is 5.10. The summed E-state index contributed by atoms with van der Waals surface area (Å²) < 4.78 is 28.1. The maximum atomic E-state index is 11.7. The molecule has 0 aliphatic rings. The molecule has 18 heavy (non-hydrogen) atoms. The number of benzene rings is 1. The van der Waals surface area contributed by atoms with E-state index in [0.29, 0.717) is 0 Å². The lowest BCUT2D eigenvalue weighted by Crippen LogP contribution is -2.30. The minimum atomic E-state index is -3.20. The molecule has 0 unspecified atom stereocenters. The van der Waals surface area contributed by atoms with Crippen molar-refractivity contribution < 1.29 is 17.9 Å². The molecular weight excluding hydrogens is 252 g/mol. The highest BCUT2D eigenvalue weighted by Crippen LogP contribution is 2.25. The third kappa shape index (κ3) is 2.72. The van der Waals surface area contributed by atoms with E-state index in [1.807, 2.05) is 0 Å². The van der Waals surface area contributed by atoms with E-state index in [4.69, 9.17) is 4.74 Å². The molecule has 0 heterocycles. The first-order valence-corrected chi connectivity index (χ1v) is 7.32. The lowest BCUT2D eigenvalue weighted by Gasteiger charge is -2.22. The molecule has 0 bridgehead atoms. The minimum Gasteiger partial charge on any atom is -0.468 e. The summed E-state index contributed by atoms with van der Waals surface area (Å²) >= 11 is 0. The average Bonchev–Trinajstić information content (AvgIpc) is 2.37. The van der Waals surface area contributed by atoms with Gasteiger partial charge in [0.25, 0.3) is 0 Å². The molecule has 5 heteroatoms. The van der Waals surface area contributed by atoms with Crippen LogP contribution in [0.2, 0.25) is 0 Å². The molecule has 0 amide bonds. The van der Waals surface area contributed by atoms with Gasteiger partial charge in [0, 0.05) is 0 Å². The fourth-order valence-corrected chi connectivity index (χ4v) is 2.50. The molecule has 4 nitrogen and oxygen atoms in total. The van der Waals surface area contributed by atoms with Gasteiger partial charge in [0.05, 0.1) is 23.2 Å². The highest BCUT2D eigenvalue weighted by Gasteiger charge is 2.31. The Morgan fingerprint density at radius 1 is 1.22 bits per heavy atom. The van der Waals surface area contributed by atoms with Crippen molar-refractivity contribution in [1.29, 1.82) is 0 Å². The molecule has 1 aromatic rings. The predicted molar refractivity (Wildman–Crippen MR) is 69.2 cm³/mol. The van der Waals surface area contributed by atoms with Gasteiger partial charge < -0.3 is 4.74 Å². The van der Waals surface area contributed by atoms with E-state index in [1.54, 1.807) is 32.9 Å². The molecule has 0 saturated heterocycles. The molecule has 0 aliphatic carbocycles. The van der Waals surface area contributed by atoms with E-state index in [-0.39, 0.29) is 16.6 Å². The number of hydrogen-bond donors (Lipinski definition) is 0. The molecule has 0 aromatic heterocycles. The van der Waals surface area contributed by atoms with E-state index >= 15 is 0 Å². The van der Waals surface area contributed by atoms with Crippen molar-refractivity contribution >= 4 is 15.8 Å². The monoisotopic (exact) mass is 270 g/mol. The number of methoxy groups -OCH3 is 1. The number of carbonyl (C=O) groups is 1. The van der Waals surface area contributed by atoms with Crippen molar-refractivity contribution in [2.45, 2.75) is 31.1 Å². The summed E-state index contributed by atoms with van der Waals surface area (Å²) in [4.78, 5) is 11.9. The first-order chi connectivity index (χ1) is 8.25. The van der Waals surface area contributed by atoms with Gasteiger partial charge >= 0.3 is 5.97 Å². The zero-order valence-electron chi connectivity index (χ0n) is 11.1. The first kappa shape index (κ1) is 14.7. The summed E-state index contributed by atoms with van der Waals surface area (Å²) in [6.07, 6.45) is 0. The highest BCUT2D eigenvalue weighted by atomic mass is 32.2. The van der Waals surface area contributed by atoms with Crippen LogP contribution in [0.15, 0.2) is 29.2 Å². The van der Waals surface area contributed by atoms with Crippen LogP contribution in [-0.2, 0) is 24.8 Å². The lowest BCUT2D eigenvalue weighted by atomic mass is 9.85. The van der Waals surface area contributed by atoms with Crippen molar-refractivity contribution in [3.05, 3.63) is 29.8 Å². The molecule has 0 fully saturated rings. The molecule has 1 aromatic carbocycles. The van der Waals surface area contributed by atoms with Gasteiger partial charge in [-0.05, 0) is 31.5 Å². The van der Waals surface area contributed by atoms with Gasteiger partial charge in [-0.3, -0.25) is 4.79 Å². The third-order valence-electron chi connectivity index (χ3n) is 3.01. The maximum absolute atomic E-state index is 11.7. The minimum absolute atomic E-state index is 0.0622. The fourth-order valence-electron chi connectivity index (χ4n) is 1.62. The molecule has 0 radical (unpaired) electrons. The molecule has 100 valence electrons. The highest BCUT2D eigenvalue weighted by molar-refractivity contribution is 7.91. The van der Waals surface area contributed by atoms with E-state index in [0.717, 1.165) is 5.56 Å². The largest absolute Gasteiger partial charge is 0.468 e. The van der Waals surface area contributed by atoms with Gasteiger partial charge in [0.2, 0.25) is 0 Å². The summed E-state index contributed by atoms with van der Waals surface area (Å²) in [6.45, 7) is 5.08. The number of sulfone groups is 1. The van der Waals surface area contributed by atoms with Crippen LogP contribution in [0, 0.1) is 0 Å². The van der Waals surface area contributed by atoms with Gasteiger partial charge in [0.1, 0.15) is 0 Å².